The van der Waals surface area contributed by atoms with E-state index in [9.17, 15) is 47.9 Å². The van der Waals surface area contributed by atoms with Gasteiger partial charge in [-0.1, -0.05) is 155 Å². The molecule has 3 heterocycles. The van der Waals surface area contributed by atoms with E-state index in [4.69, 9.17) is 91.7 Å². The van der Waals surface area contributed by atoms with Crippen molar-refractivity contribution in [1.29, 1.82) is 15.9 Å². The van der Waals surface area contributed by atoms with E-state index in [1.165, 1.54) is 17.3 Å². The fraction of sp³-hybridized carbons (Fsp3) is 0.255. The third kappa shape index (κ3) is 41.7. The van der Waals surface area contributed by atoms with E-state index in [0.29, 0.717) is 139 Å². The van der Waals surface area contributed by atoms with Crippen LogP contribution < -0.4 is 67.9 Å². The highest BCUT2D eigenvalue weighted by atomic mass is 32.2. The first-order chi connectivity index (χ1) is 67.7. The highest BCUT2D eigenvalue weighted by molar-refractivity contribution is 8.13. The predicted molar refractivity (Wildman–Crippen MR) is 530 cm³/mol. The fourth-order valence-corrected chi connectivity index (χ4v) is 12.9. The quantitative estimate of drug-likeness (QED) is 0.00734. The molecule has 9 aromatic carbocycles. The van der Waals surface area contributed by atoms with Crippen molar-refractivity contribution < 1.29 is 101 Å². The number of nitrogens with one attached hydrogen (secondary N) is 8. The molecule has 141 heavy (non-hydrogen) atoms. The molecule has 0 saturated carbocycles. The van der Waals surface area contributed by atoms with Gasteiger partial charge >= 0.3 is 41.9 Å². The van der Waals surface area contributed by atoms with Crippen molar-refractivity contribution in [2.75, 3.05) is 86.5 Å². The summed E-state index contributed by atoms with van der Waals surface area (Å²) in [7, 11) is 0. The molecule has 12 aromatic rings. The first-order valence-corrected chi connectivity index (χ1v) is 45.2. The van der Waals surface area contributed by atoms with Gasteiger partial charge in [-0.05, 0) is 187 Å². The Labute approximate surface area is 818 Å². The van der Waals surface area contributed by atoms with Crippen molar-refractivity contribution in [3.8, 4) is 46.6 Å². The van der Waals surface area contributed by atoms with Gasteiger partial charge in [0.15, 0.2) is 50.5 Å². The number of urea groups is 2. The number of hydrogen-bond donors (Lipinski definition) is 14. The Hall–Kier alpha value is -17.5. The third-order valence-electron chi connectivity index (χ3n) is 19.0. The van der Waals surface area contributed by atoms with Crippen molar-refractivity contribution in [1.82, 2.24) is 29.9 Å². The number of aromatic hydroxyl groups is 1. The van der Waals surface area contributed by atoms with Crippen LogP contribution in [0.15, 0.2) is 224 Å². The third-order valence-corrected chi connectivity index (χ3v) is 20.0. The minimum absolute atomic E-state index is 0.000282. The maximum Gasteiger partial charge on any atom is 0.344 e. The number of aromatic amines is 3. The number of thioether (sulfide) groups is 1. The maximum absolute atomic E-state index is 12.5. The number of carboxylic acid groups (broad SMARTS) is 1. The molecule has 0 radical (unpaired) electrons. The fourth-order valence-electron chi connectivity index (χ4n) is 12.1. The topological polar surface area (TPSA) is 604 Å². The largest absolute Gasteiger partial charge is 0.508 e. The molecule has 0 saturated heterocycles. The van der Waals surface area contributed by atoms with Crippen molar-refractivity contribution in [3.63, 3.8) is 0 Å². The summed E-state index contributed by atoms with van der Waals surface area (Å²) in [4.78, 5) is 136. The number of aromatic nitrogens is 6. The lowest BCUT2D eigenvalue weighted by molar-refractivity contribution is -0.146. The number of imidazole rings is 3. The lowest BCUT2D eigenvalue weighted by Gasteiger charge is -2.09. The van der Waals surface area contributed by atoms with E-state index in [1.807, 2.05) is 84.9 Å². The van der Waals surface area contributed by atoms with Gasteiger partial charge in [-0.25, -0.2) is 48.5 Å². The summed E-state index contributed by atoms with van der Waals surface area (Å²) >= 11 is 1.54. The van der Waals surface area contributed by atoms with Crippen molar-refractivity contribution in [2.24, 2.45) is 17.2 Å². The molecule has 0 aliphatic carbocycles. The molecule has 39 heteroatoms. The van der Waals surface area contributed by atoms with Crippen molar-refractivity contribution in [2.45, 2.75) is 112 Å². The molecule has 38 nitrogen and oxygen atoms in total. The number of amides is 7. The van der Waals surface area contributed by atoms with Crippen LogP contribution in [0.1, 0.15) is 166 Å². The summed E-state index contributed by atoms with van der Waals surface area (Å²) in [6.45, 7) is 15.7. The zero-order chi connectivity index (χ0) is 103. The second-order valence-corrected chi connectivity index (χ2v) is 31.7. The van der Waals surface area contributed by atoms with Gasteiger partial charge in [0.2, 0.25) is 0 Å². The summed E-state index contributed by atoms with van der Waals surface area (Å²) in [6.07, 6.45) is 2.49. The van der Waals surface area contributed by atoms with Gasteiger partial charge in [0, 0.05) is 42.8 Å². The monoisotopic (exact) mass is 1940 g/mol. The average molecular weight is 1950 g/mol. The van der Waals surface area contributed by atoms with E-state index in [0.717, 1.165) is 50.3 Å². The van der Waals surface area contributed by atoms with Gasteiger partial charge in [0.25, 0.3) is 17.7 Å². The zero-order valence-electron chi connectivity index (χ0n) is 78.9. The number of phenolic OH excluding ortho intramolecular Hbond substituents is 1. The molecule has 738 valence electrons. The molecule has 0 fully saturated rings. The molecule has 7 amide bonds. The highest BCUT2D eigenvalue weighted by Gasteiger charge is 2.22. The minimum atomic E-state index is -1.06. The van der Waals surface area contributed by atoms with Crippen molar-refractivity contribution in [3.05, 3.63) is 309 Å². The number of nitrogen functional groups attached to an aromatic ring is 1. The maximum atomic E-state index is 12.5. The van der Waals surface area contributed by atoms with Crippen LogP contribution in [-0.2, 0) is 87.2 Å². The number of nitrogens with two attached hydrogens (primary N) is 4. The molecule has 0 aliphatic rings. The number of esters is 4. The number of aliphatic carboxylic acids is 1. The minimum Gasteiger partial charge on any atom is -0.508 e. The van der Waals surface area contributed by atoms with E-state index in [-0.39, 0.29) is 78.7 Å². The van der Waals surface area contributed by atoms with Gasteiger partial charge in [-0.2, -0.15) is 10.5 Å². The number of nitriles is 2. The number of carbonyl (C=O) groups excluding carboxylic acids is 9. The van der Waals surface area contributed by atoms with Crippen LogP contribution in [-0.4, -0.2) is 164 Å². The molecule has 18 N–H and O–H groups in total. The van der Waals surface area contributed by atoms with Crippen LogP contribution in [0.25, 0.3) is 0 Å². The summed E-state index contributed by atoms with van der Waals surface area (Å²) in [5.41, 5.74) is 32.0. The van der Waals surface area contributed by atoms with Gasteiger partial charge in [0.05, 0.1) is 56.5 Å². The number of carbonyl (C=O) groups is 10. The Balaban J connectivity index is 0.000000238. The Morgan fingerprint density at radius 3 is 1.01 bits per heavy atom. The van der Waals surface area contributed by atoms with Crippen LogP contribution in [0, 0.1) is 28.1 Å². The standard InChI is InChI=1S/C25H29N5O5.C23H25N5O5.C19H21NO3S.C15H18N4O4.C12H13NO3.C8H7NO/c1-4-34-21(31)14-35-19-11-5-16(6-12-19)13-20-28-22(23(26)32)24(29-20)30-25(33)27-18-9-7-17(8-10-18)15(2)3;1-13(2)15-5-7-16(8-6-15)25-23(32)28-22-20(21(24)31)26-18(27-22)11-14-3-9-17(10-4-14)33-12-19(29)30;1-2-22-19(21)13-23-17-10-8-15(9-11-17)12-18(20)24-14-16-6-4-3-5-7-16;1-2-22-12(20)8-23-10-5-3-9(4-6-10)7-11-18-13(15(17)21)14(16)19-11;1-2-15-12(14)9-16-11-5-3-10(4-6-11)7-8-13;9-6-5-7-1-3-8(10)4-2-7/h5-12,15H,4,13-14H2,1-3H3,(H2,26,32)(H,28,29)(H2,27,30,33);3-10,13H,11-12H2,1-2H3,(H2,24,31)(H,26,27)(H,29,30)(H2,25,28,32);3-11,20H,2,12-14H2,1H3;3-6H,2,7-8,16H2,1H3,(H2,17,21)(H,18,19);3-6H,2,7,9H2,1H3;1-4,10H,5H2. The number of anilines is 5. The number of hydrogen-bond acceptors (Lipinski definition) is 28. The average Bonchev–Trinajstić information content (AvgIpc) is 1.70. The highest BCUT2D eigenvalue weighted by Crippen LogP contribution is 2.26. The van der Waals surface area contributed by atoms with Crippen LogP contribution >= 0.6 is 11.8 Å². The van der Waals surface area contributed by atoms with E-state index in [1.54, 1.807) is 161 Å². The van der Waals surface area contributed by atoms with E-state index >= 15 is 0 Å². The molecular formula is C102H113N17O21S. The molecule has 0 atom stereocenters. The number of nitrogens with zero attached hydrogens (tertiary/aromatic N) is 5. The normalized spacial score (nSPS) is 10.2. The van der Waals surface area contributed by atoms with E-state index in [2.05, 4.69) is 97.1 Å². The molecule has 0 bridgehead atoms. The van der Waals surface area contributed by atoms with Crippen LogP contribution in [0.5, 0.6) is 34.5 Å². The Morgan fingerprint density at radius 2 is 0.702 bits per heavy atom. The second-order valence-electron chi connectivity index (χ2n) is 30.6. The first kappa shape index (κ1) is 111. The number of phenols is 1. The van der Waals surface area contributed by atoms with E-state index < -0.39 is 54.3 Å². The van der Waals surface area contributed by atoms with Gasteiger partial charge in [-0.15, -0.1) is 11.8 Å². The second kappa shape index (κ2) is 59.4. The van der Waals surface area contributed by atoms with Gasteiger partial charge in [0.1, 0.15) is 69.1 Å². The number of ether oxygens (including phenoxy) is 9. The molecule has 0 aliphatic heterocycles. The van der Waals surface area contributed by atoms with Gasteiger partial charge < -0.3 is 101 Å². The summed E-state index contributed by atoms with van der Waals surface area (Å²) in [5, 5.41) is 53.5. The smallest absolute Gasteiger partial charge is 0.344 e. The molecule has 0 spiro atoms. The van der Waals surface area contributed by atoms with Crippen LogP contribution in [0.2, 0.25) is 0 Å². The number of rotatable bonds is 40. The lowest BCUT2D eigenvalue weighted by Crippen LogP contribution is -2.22. The number of benzene rings is 9. The summed E-state index contributed by atoms with van der Waals surface area (Å²) in [6, 6.07) is 70.0. The Bertz CT molecular complexity index is 6130. The van der Waals surface area contributed by atoms with Crippen LogP contribution in [0.3, 0.4) is 0 Å². The first-order valence-electron chi connectivity index (χ1n) is 44.2. The molecule has 12 rings (SSSR count). The Morgan fingerprint density at radius 1 is 0.397 bits per heavy atom. The Kier molecular flexibility index (Phi) is 46.6. The molecule has 3 aromatic heterocycles. The number of primary amides is 3. The SMILES string of the molecule is CC(C)c1ccc(NC(=O)Nc2nc(Cc3ccc(OCC(=O)O)cc3)[nH]c2C(N)=O)cc1.CCOC(=O)COc1ccc(CC#N)cc1.CCOC(=O)COc1ccc(CC(=N)SCc2ccccc2)cc1.CCOC(=O)COc1ccc(Cc2nc(N)c(C(N)=O)[nH]2)cc1.CCOC(=O)COc1ccc(Cc2nc(NC(=O)Nc3ccc(C(C)C)cc3)c(C(N)=O)[nH]2)cc1.N#CCc1ccc(O)cc1. The molecule has 0 unspecified atom stereocenters. The summed E-state index contributed by atoms with van der Waals surface area (Å²) < 4.78 is 45.5. The van der Waals surface area contributed by atoms with Crippen LogP contribution in [0.4, 0.5) is 38.4 Å². The summed E-state index contributed by atoms with van der Waals surface area (Å²) in [5.74, 6) is 1.20. The van der Waals surface area contributed by atoms with Gasteiger partial charge in [-0.3, -0.25) is 30.4 Å². The number of carboxylic acids is 1. The predicted octanol–water partition coefficient (Wildman–Crippen LogP) is 15.0. The zero-order valence-corrected chi connectivity index (χ0v) is 79.8. The van der Waals surface area contributed by atoms with Crippen molar-refractivity contribution >= 4 is 105 Å². The lowest BCUT2D eigenvalue weighted by atomic mass is 10.0. The number of H-pyrrole nitrogens is 3. The molecular weight excluding hydrogens is 1830 g/mol.